The van der Waals surface area contributed by atoms with E-state index in [9.17, 15) is 14.3 Å². The first-order valence-electron chi connectivity index (χ1n) is 7.81. The van der Waals surface area contributed by atoms with E-state index in [1.165, 1.54) is 24.4 Å². The van der Waals surface area contributed by atoms with Crippen molar-refractivity contribution in [3.63, 3.8) is 0 Å². The maximum Gasteiger partial charge on any atom is 0.195 e. The number of benzene rings is 2. The fraction of sp³-hybridized carbons (Fsp3) is 0. The molecule has 2 aromatic carbocycles. The predicted molar refractivity (Wildman–Crippen MR) is 78.3 cm³/mol. The highest BCUT2D eigenvalue weighted by atomic mass is 35.5. The molecule has 1 N–H and O–H groups in total. The molecule has 104 valence electrons. The number of rotatable bonds is 2. The van der Waals surface area contributed by atoms with Crippen LogP contribution in [0.5, 0.6) is 5.75 Å². The van der Waals surface area contributed by atoms with Crippen LogP contribution in [0.1, 0.15) is 21.4 Å². The van der Waals surface area contributed by atoms with Crippen molar-refractivity contribution in [2.75, 3.05) is 0 Å². The number of ketones is 1. The first-order valence-corrected chi connectivity index (χ1v) is 6.19. The van der Waals surface area contributed by atoms with E-state index in [-0.39, 0.29) is 27.2 Å². The van der Waals surface area contributed by atoms with Gasteiger partial charge in [-0.15, -0.1) is 0 Å². The molecule has 21 heavy (non-hydrogen) atoms. The van der Waals surface area contributed by atoms with E-state index in [0.717, 1.165) is 0 Å². The predicted octanol–water partition coefficient (Wildman–Crippen LogP) is 3.96. The average Bonchev–Trinajstić information content (AvgIpc) is 2.58. The first kappa shape index (κ1) is 9.47. The van der Waals surface area contributed by atoms with Gasteiger partial charge in [0.25, 0.3) is 0 Å². The number of phenols is 1. The molecule has 0 bridgehead atoms. The smallest absolute Gasteiger partial charge is 0.195 e. The number of pyridine rings is 1. The van der Waals surface area contributed by atoms with E-state index in [1.54, 1.807) is 0 Å². The summed E-state index contributed by atoms with van der Waals surface area (Å²) in [5.41, 5.74) is -0.428. The molecule has 0 aliphatic rings. The van der Waals surface area contributed by atoms with Crippen molar-refractivity contribution < 1.29 is 19.8 Å². The number of hydrogen-bond acceptors (Lipinski definition) is 3. The zero-order valence-electron chi connectivity index (χ0n) is 14.4. The molecule has 0 radical (unpaired) electrons. The Labute approximate surface area is 130 Å². The fourth-order valence-electron chi connectivity index (χ4n) is 1.92. The number of aromatic hydroxyl groups is 1. The van der Waals surface area contributed by atoms with Crippen molar-refractivity contribution in [2.45, 2.75) is 0 Å². The topological polar surface area (TPSA) is 50.2 Å². The summed E-state index contributed by atoms with van der Waals surface area (Å²) in [6.07, 6.45) is 1.18. The van der Waals surface area contributed by atoms with Crippen LogP contribution in [0.15, 0.2) is 48.6 Å². The van der Waals surface area contributed by atoms with Crippen molar-refractivity contribution in [3.8, 4) is 5.75 Å². The summed E-state index contributed by atoms with van der Waals surface area (Å²) < 4.78 is 44.4. The van der Waals surface area contributed by atoms with Gasteiger partial charge in [-0.2, -0.15) is 0 Å². The van der Waals surface area contributed by atoms with E-state index in [0.29, 0.717) is 0 Å². The summed E-state index contributed by atoms with van der Waals surface area (Å²) >= 11 is 6.07. The molecule has 1 aromatic heterocycles. The number of aromatic nitrogens is 1. The molecule has 0 saturated heterocycles. The normalized spacial score (nSPS) is 13.4. The van der Waals surface area contributed by atoms with E-state index in [1.807, 2.05) is 0 Å². The largest absolute Gasteiger partial charge is 0.508 e. The van der Waals surface area contributed by atoms with Crippen molar-refractivity contribution in [1.82, 2.24) is 4.98 Å². The second kappa shape index (κ2) is 5.14. The minimum Gasteiger partial charge on any atom is -0.508 e. The van der Waals surface area contributed by atoms with Crippen LogP contribution in [0.25, 0.3) is 10.9 Å². The first-order chi connectivity index (χ1) is 11.7. The van der Waals surface area contributed by atoms with Crippen molar-refractivity contribution >= 4 is 28.3 Å². The maximum absolute atomic E-state index is 13.7. The van der Waals surface area contributed by atoms with Gasteiger partial charge in [-0.1, -0.05) is 11.6 Å². The fourth-order valence-corrected chi connectivity index (χ4v) is 2.16. The third-order valence-electron chi connectivity index (χ3n) is 2.86. The number of phenolic OH excluding ortho intramolecular Hbond substituents is 1. The molecule has 1 heterocycles. The lowest BCUT2D eigenvalue weighted by Gasteiger charge is -2.08. The number of hydrogen-bond donors (Lipinski definition) is 1. The Morgan fingerprint density at radius 2 is 2.00 bits per heavy atom. The highest BCUT2D eigenvalue weighted by molar-refractivity contribution is 6.36. The Kier molecular flexibility index (Phi) is 2.32. The van der Waals surface area contributed by atoms with Gasteiger partial charge in [0, 0.05) is 23.2 Å². The summed E-state index contributed by atoms with van der Waals surface area (Å²) in [5, 5.41) is 9.72. The second-order valence-corrected chi connectivity index (χ2v) is 4.61. The number of nitrogens with zero attached hydrogens (tertiary/aromatic N) is 1. The molecule has 0 unspecified atom stereocenters. The number of fused-ring (bicyclic) bond motifs is 1. The van der Waals surface area contributed by atoms with Crippen LogP contribution in [0.3, 0.4) is 0 Å². The minimum absolute atomic E-state index is 0.0654. The standard InChI is InChI=1S/C16H9ClFNO2/c17-13-8-19-14-7-11(20)5-6-12(14)15(13)16(21)9-1-3-10(18)4-2-9/h1-8,20H/i1D,2D,3D,4D. The van der Waals surface area contributed by atoms with Gasteiger partial charge < -0.3 is 5.11 Å². The van der Waals surface area contributed by atoms with Gasteiger partial charge in [0.1, 0.15) is 11.6 Å². The van der Waals surface area contributed by atoms with Crippen LogP contribution >= 0.6 is 11.6 Å². The lowest BCUT2D eigenvalue weighted by Crippen LogP contribution is -2.04. The molecule has 3 aromatic rings. The van der Waals surface area contributed by atoms with Crippen molar-refractivity contribution in [2.24, 2.45) is 0 Å². The summed E-state index contributed by atoms with van der Waals surface area (Å²) in [6, 6.07) is 0.579. The zero-order valence-corrected chi connectivity index (χ0v) is 11.1. The SMILES string of the molecule is [2H]c1c([2H])c(C(=O)c2c(Cl)cnc3cc(O)ccc23)c([2H])c([2H])c1F. The van der Waals surface area contributed by atoms with Gasteiger partial charge in [-0.3, -0.25) is 9.78 Å². The van der Waals surface area contributed by atoms with E-state index < -0.39 is 41.3 Å². The Hall–Kier alpha value is -2.46. The Bertz CT molecular complexity index is 1030. The maximum atomic E-state index is 13.7. The Balaban J connectivity index is 2.35. The van der Waals surface area contributed by atoms with Gasteiger partial charge >= 0.3 is 0 Å². The van der Waals surface area contributed by atoms with Crippen molar-refractivity contribution in [3.05, 3.63) is 70.5 Å². The van der Waals surface area contributed by atoms with Crippen molar-refractivity contribution in [1.29, 1.82) is 0 Å². The van der Waals surface area contributed by atoms with Gasteiger partial charge in [0.05, 0.1) is 21.6 Å². The second-order valence-electron chi connectivity index (χ2n) is 4.20. The lowest BCUT2D eigenvalue weighted by molar-refractivity contribution is 0.104. The van der Waals surface area contributed by atoms with Crippen LogP contribution in [-0.2, 0) is 0 Å². The molecule has 0 aliphatic heterocycles. The lowest BCUT2D eigenvalue weighted by atomic mass is 9.99. The quantitative estimate of drug-likeness (QED) is 0.729. The molecule has 3 rings (SSSR count). The average molecular weight is 306 g/mol. The molecule has 0 spiro atoms. The summed E-state index contributed by atoms with van der Waals surface area (Å²) in [7, 11) is 0. The van der Waals surface area contributed by atoms with Crippen LogP contribution in [0.2, 0.25) is 5.02 Å². The van der Waals surface area contributed by atoms with Gasteiger partial charge in [0.2, 0.25) is 0 Å². The van der Waals surface area contributed by atoms with Gasteiger partial charge in [-0.25, -0.2) is 4.39 Å². The third kappa shape index (κ3) is 2.45. The number of halogens is 2. The third-order valence-corrected chi connectivity index (χ3v) is 3.14. The zero-order chi connectivity index (χ0) is 18.5. The molecule has 5 heteroatoms. The van der Waals surface area contributed by atoms with Crippen LogP contribution in [0, 0.1) is 5.82 Å². The highest BCUT2D eigenvalue weighted by Crippen LogP contribution is 2.28. The Morgan fingerprint density at radius 3 is 2.71 bits per heavy atom. The van der Waals surface area contributed by atoms with Crippen LogP contribution in [-0.4, -0.2) is 15.9 Å². The van der Waals surface area contributed by atoms with E-state index in [2.05, 4.69) is 4.98 Å². The molecule has 0 aliphatic carbocycles. The molecule has 0 amide bonds. The van der Waals surface area contributed by atoms with E-state index >= 15 is 0 Å². The van der Waals surface area contributed by atoms with Crippen LogP contribution < -0.4 is 0 Å². The summed E-state index contributed by atoms with van der Waals surface area (Å²) in [6.45, 7) is 0. The van der Waals surface area contributed by atoms with Gasteiger partial charge in [0.15, 0.2) is 5.78 Å². The molecule has 0 fully saturated rings. The number of carbonyl (C=O) groups is 1. The van der Waals surface area contributed by atoms with Crippen LogP contribution in [0.4, 0.5) is 4.39 Å². The molecular formula is C16H9ClFNO2. The van der Waals surface area contributed by atoms with E-state index in [4.69, 9.17) is 17.1 Å². The minimum atomic E-state index is -1.33. The Morgan fingerprint density at radius 1 is 1.29 bits per heavy atom. The molecule has 3 nitrogen and oxygen atoms in total. The molecule has 0 saturated carbocycles. The molecule has 0 atom stereocenters. The highest BCUT2D eigenvalue weighted by Gasteiger charge is 2.17. The molecular weight excluding hydrogens is 293 g/mol. The van der Waals surface area contributed by atoms with Gasteiger partial charge in [-0.05, 0) is 36.3 Å². The summed E-state index contributed by atoms with van der Waals surface area (Å²) in [4.78, 5) is 16.9. The summed E-state index contributed by atoms with van der Waals surface area (Å²) in [5.74, 6) is -2.30. The number of carbonyl (C=O) groups excluding carboxylic acids is 1. The monoisotopic (exact) mass is 305 g/mol.